The van der Waals surface area contributed by atoms with Crippen LogP contribution in [0.2, 0.25) is 5.02 Å². The van der Waals surface area contributed by atoms with Crippen LogP contribution in [0, 0.1) is 0 Å². The highest BCUT2D eigenvalue weighted by Crippen LogP contribution is 2.09. The average molecular weight is 199 g/mol. The lowest BCUT2D eigenvalue weighted by Gasteiger charge is -1.98. The zero-order chi connectivity index (χ0) is 9.84. The van der Waals surface area contributed by atoms with Crippen LogP contribution in [0.3, 0.4) is 0 Å². The molecule has 5 heteroatoms. The minimum Gasteiger partial charge on any atom is -0.287 e. The number of Topliss-reactive ketones (excluding diaryl/α,β-unsaturated/α-hetero) is 1. The molecule has 1 rings (SSSR count). The third kappa shape index (κ3) is 2.27. The number of rotatable bonds is 2. The predicted molar refractivity (Wildman–Crippen MR) is 48.1 cm³/mol. The van der Waals surface area contributed by atoms with E-state index in [9.17, 15) is 9.59 Å². The number of carbonyl (C=O) groups is 2. The molecular weight excluding hydrogens is 192 g/mol. The molecule has 0 saturated heterocycles. The lowest BCUT2D eigenvalue weighted by Crippen LogP contribution is -2.36. The fourth-order valence-electron chi connectivity index (χ4n) is 0.798. The van der Waals surface area contributed by atoms with E-state index in [-0.39, 0.29) is 5.56 Å². The summed E-state index contributed by atoms with van der Waals surface area (Å²) >= 11 is 5.59. The van der Waals surface area contributed by atoms with Gasteiger partial charge in [-0.15, -0.1) is 0 Å². The summed E-state index contributed by atoms with van der Waals surface area (Å²) in [5, 5.41) is 0.504. The zero-order valence-corrected chi connectivity index (χ0v) is 7.34. The normalized spacial score (nSPS) is 9.38. The van der Waals surface area contributed by atoms with E-state index in [2.05, 4.69) is 0 Å². The first-order valence-electron chi connectivity index (χ1n) is 3.46. The smallest absolute Gasteiger partial charge is 0.287 e. The number of amides is 1. The monoisotopic (exact) mass is 198 g/mol. The van der Waals surface area contributed by atoms with Crippen LogP contribution in [0.5, 0.6) is 0 Å². The first-order valence-corrected chi connectivity index (χ1v) is 3.84. The van der Waals surface area contributed by atoms with Gasteiger partial charge in [-0.2, -0.15) is 0 Å². The molecule has 0 unspecified atom stereocenters. The van der Waals surface area contributed by atoms with E-state index in [0.29, 0.717) is 5.02 Å². The van der Waals surface area contributed by atoms with Crippen LogP contribution in [0.15, 0.2) is 24.3 Å². The first-order chi connectivity index (χ1) is 6.15. The maximum atomic E-state index is 11.2. The Morgan fingerprint density at radius 1 is 1.23 bits per heavy atom. The lowest BCUT2D eigenvalue weighted by molar-refractivity contribution is -0.117. The molecular formula is C8H7ClN2O2. The van der Waals surface area contributed by atoms with Crippen molar-refractivity contribution >= 4 is 23.3 Å². The fraction of sp³-hybridized carbons (Fsp3) is 0. The van der Waals surface area contributed by atoms with Crippen molar-refractivity contribution in [3.63, 3.8) is 0 Å². The summed E-state index contributed by atoms with van der Waals surface area (Å²) < 4.78 is 0. The Hall–Kier alpha value is -1.39. The number of carbonyl (C=O) groups excluding carboxylic acids is 2. The summed E-state index contributed by atoms with van der Waals surface area (Å²) in [6.07, 6.45) is 0. The van der Waals surface area contributed by atoms with E-state index in [1.165, 1.54) is 24.3 Å². The Bertz CT molecular complexity index is 335. The minimum absolute atomic E-state index is 0.257. The predicted octanol–water partition coefficient (Wildman–Crippen LogP) is 0.513. The van der Waals surface area contributed by atoms with Gasteiger partial charge in [0.1, 0.15) is 0 Å². The molecule has 0 aromatic heterocycles. The van der Waals surface area contributed by atoms with Gasteiger partial charge in [-0.3, -0.25) is 15.0 Å². The van der Waals surface area contributed by atoms with Crippen molar-refractivity contribution in [2.75, 3.05) is 0 Å². The Balaban J connectivity index is 2.90. The van der Waals surface area contributed by atoms with Crippen molar-refractivity contribution in [3.05, 3.63) is 34.9 Å². The van der Waals surface area contributed by atoms with E-state index in [1.54, 1.807) is 5.43 Å². The second kappa shape index (κ2) is 4.02. The van der Waals surface area contributed by atoms with Crippen molar-refractivity contribution in [1.29, 1.82) is 0 Å². The van der Waals surface area contributed by atoms with Crippen LogP contribution >= 0.6 is 11.6 Å². The van der Waals surface area contributed by atoms with Crippen molar-refractivity contribution in [2.24, 2.45) is 5.84 Å². The lowest BCUT2D eigenvalue weighted by atomic mass is 10.1. The third-order valence-corrected chi connectivity index (χ3v) is 1.70. The van der Waals surface area contributed by atoms with Gasteiger partial charge in [0.25, 0.3) is 5.78 Å². The molecule has 0 spiro atoms. The van der Waals surface area contributed by atoms with Crippen LogP contribution in [-0.2, 0) is 4.79 Å². The molecule has 0 aliphatic carbocycles. The summed E-state index contributed by atoms with van der Waals surface area (Å²) in [5.74, 6) is 3.27. The van der Waals surface area contributed by atoms with E-state index in [0.717, 1.165) is 0 Å². The molecule has 68 valence electrons. The Kier molecular flexibility index (Phi) is 3.00. The average Bonchev–Trinajstić information content (AvgIpc) is 2.17. The Labute approximate surface area is 79.6 Å². The number of nitrogens with two attached hydrogens (primary N) is 1. The SMILES string of the molecule is NNC(=O)C(=O)c1ccc(Cl)cc1. The van der Waals surface area contributed by atoms with Gasteiger partial charge in [-0.1, -0.05) is 11.6 Å². The van der Waals surface area contributed by atoms with Gasteiger partial charge in [0, 0.05) is 10.6 Å². The van der Waals surface area contributed by atoms with Crippen LogP contribution in [0.25, 0.3) is 0 Å². The second-order valence-electron chi connectivity index (χ2n) is 2.31. The topological polar surface area (TPSA) is 72.2 Å². The van der Waals surface area contributed by atoms with Crippen molar-refractivity contribution in [3.8, 4) is 0 Å². The molecule has 1 aromatic rings. The minimum atomic E-state index is -0.845. The summed E-state index contributed by atoms with van der Waals surface area (Å²) in [6.45, 7) is 0. The highest BCUT2D eigenvalue weighted by molar-refractivity contribution is 6.42. The van der Waals surface area contributed by atoms with Crippen LogP contribution in [0.4, 0.5) is 0 Å². The van der Waals surface area contributed by atoms with Crippen molar-refractivity contribution in [2.45, 2.75) is 0 Å². The van der Waals surface area contributed by atoms with Gasteiger partial charge in [0.05, 0.1) is 0 Å². The van der Waals surface area contributed by atoms with Crippen LogP contribution in [0.1, 0.15) is 10.4 Å². The molecule has 13 heavy (non-hydrogen) atoms. The number of halogens is 1. The van der Waals surface area contributed by atoms with E-state index < -0.39 is 11.7 Å². The summed E-state index contributed by atoms with van der Waals surface area (Å²) in [4.78, 5) is 21.9. The Morgan fingerprint density at radius 2 is 1.77 bits per heavy atom. The standard InChI is InChI=1S/C8H7ClN2O2/c9-6-3-1-5(2-4-6)7(12)8(13)11-10/h1-4H,10H2,(H,11,13). The molecule has 0 aliphatic heterocycles. The molecule has 4 nitrogen and oxygen atoms in total. The maximum absolute atomic E-state index is 11.2. The molecule has 0 saturated carbocycles. The number of benzene rings is 1. The number of nitrogens with one attached hydrogen (secondary N) is 1. The molecule has 0 radical (unpaired) electrons. The summed E-state index contributed by atoms with van der Waals surface area (Å²) in [5.41, 5.74) is 2.01. The summed E-state index contributed by atoms with van der Waals surface area (Å²) in [7, 11) is 0. The van der Waals surface area contributed by atoms with Gasteiger partial charge in [-0.05, 0) is 24.3 Å². The van der Waals surface area contributed by atoms with Gasteiger partial charge in [-0.25, -0.2) is 5.84 Å². The number of hydrazine groups is 1. The number of ketones is 1. The van der Waals surface area contributed by atoms with E-state index >= 15 is 0 Å². The van der Waals surface area contributed by atoms with E-state index in [1.807, 2.05) is 0 Å². The van der Waals surface area contributed by atoms with Gasteiger partial charge in [0.15, 0.2) is 0 Å². The first kappa shape index (κ1) is 9.70. The van der Waals surface area contributed by atoms with E-state index in [4.69, 9.17) is 17.4 Å². The third-order valence-electron chi connectivity index (χ3n) is 1.44. The maximum Gasteiger partial charge on any atom is 0.306 e. The molecule has 1 aromatic carbocycles. The molecule has 3 N–H and O–H groups in total. The molecule has 0 aliphatic rings. The summed E-state index contributed by atoms with van der Waals surface area (Å²) in [6, 6.07) is 5.97. The highest BCUT2D eigenvalue weighted by Gasteiger charge is 2.13. The molecule has 0 fully saturated rings. The fourth-order valence-corrected chi connectivity index (χ4v) is 0.924. The number of hydrogen-bond donors (Lipinski definition) is 2. The second-order valence-corrected chi connectivity index (χ2v) is 2.75. The van der Waals surface area contributed by atoms with Crippen LogP contribution in [-0.4, -0.2) is 11.7 Å². The zero-order valence-electron chi connectivity index (χ0n) is 6.58. The molecule has 0 atom stereocenters. The van der Waals surface area contributed by atoms with Gasteiger partial charge in [0.2, 0.25) is 0 Å². The number of hydrogen-bond acceptors (Lipinski definition) is 3. The molecule has 0 bridgehead atoms. The van der Waals surface area contributed by atoms with Crippen LogP contribution < -0.4 is 11.3 Å². The van der Waals surface area contributed by atoms with Crippen molar-refractivity contribution < 1.29 is 9.59 Å². The molecule has 0 heterocycles. The van der Waals surface area contributed by atoms with Crippen molar-refractivity contribution in [1.82, 2.24) is 5.43 Å². The quantitative estimate of drug-likeness (QED) is 0.239. The van der Waals surface area contributed by atoms with Gasteiger partial charge >= 0.3 is 5.91 Å². The highest BCUT2D eigenvalue weighted by atomic mass is 35.5. The van der Waals surface area contributed by atoms with Gasteiger partial charge < -0.3 is 0 Å². The Morgan fingerprint density at radius 3 is 2.23 bits per heavy atom. The largest absolute Gasteiger partial charge is 0.306 e. The molecule has 1 amide bonds.